The van der Waals surface area contributed by atoms with Crippen LogP contribution in [0.1, 0.15) is 12.8 Å². The van der Waals surface area contributed by atoms with E-state index in [9.17, 15) is 4.79 Å². The zero-order chi connectivity index (χ0) is 18.4. The molecule has 0 radical (unpaired) electrons. The van der Waals surface area contributed by atoms with Gasteiger partial charge in [-0.05, 0) is 37.1 Å². The molecule has 138 valence electrons. The Morgan fingerprint density at radius 3 is 2.54 bits per heavy atom. The Hall–Kier alpha value is -3.03. The molecule has 0 saturated carbocycles. The van der Waals surface area contributed by atoms with Gasteiger partial charge in [-0.3, -0.25) is 0 Å². The highest BCUT2D eigenvalue weighted by Crippen LogP contribution is 2.24. The average molecular weight is 358 g/mol. The topological polar surface area (TPSA) is 85.8 Å². The van der Waals surface area contributed by atoms with Gasteiger partial charge in [0.15, 0.2) is 0 Å². The van der Waals surface area contributed by atoms with Crippen molar-refractivity contribution in [3.63, 3.8) is 0 Å². The lowest BCUT2D eigenvalue weighted by atomic mass is 10.1. The number of amides is 2. The second-order valence-corrected chi connectivity index (χ2v) is 5.86. The van der Waals surface area contributed by atoms with Crippen LogP contribution < -0.4 is 19.5 Å². The number of urea groups is 1. The Labute approximate surface area is 152 Å². The molecule has 2 heterocycles. The van der Waals surface area contributed by atoms with E-state index in [1.807, 2.05) is 0 Å². The summed E-state index contributed by atoms with van der Waals surface area (Å²) in [4.78, 5) is 22.5. The summed E-state index contributed by atoms with van der Waals surface area (Å²) in [5, 5.41) is 2.89. The van der Waals surface area contributed by atoms with Crippen LogP contribution in [0.5, 0.6) is 17.5 Å². The fourth-order valence-electron chi connectivity index (χ4n) is 2.79. The number of carbonyl (C=O) groups excluding carboxylic acids is 1. The number of hydrogen-bond donors (Lipinski definition) is 1. The summed E-state index contributed by atoms with van der Waals surface area (Å²) in [5.74, 6) is 1.43. The molecule has 2 amide bonds. The Kier molecular flexibility index (Phi) is 5.73. The van der Waals surface area contributed by atoms with Gasteiger partial charge in [0.05, 0.1) is 20.8 Å². The molecule has 1 aliphatic rings. The highest BCUT2D eigenvalue weighted by atomic mass is 16.5. The molecule has 1 aromatic heterocycles. The van der Waals surface area contributed by atoms with Gasteiger partial charge in [-0.15, -0.1) is 0 Å². The maximum atomic E-state index is 12.5. The molecule has 8 heteroatoms. The largest absolute Gasteiger partial charge is 0.497 e. The molecular formula is C18H22N4O4. The summed E-state index contributed by atoms with van der Waals surface area (Å²) in [5.41, 5.74) is 0.717. The first-order valence-corrected chi connectivity index (χ1v) is 8.41. The van der Waals surface area contributed by atoms with E-state index in [1.165, 1.54) is 7.11 Å². The van der Waals surface area contributed by atoms with Gasteiger partial charge in [-0.1, -0.05) is 0 Å². The highest BCUT2D eigenvalue weighted by molar-refractivity contribution is 5.89. The lowest BCUT2D eigenvalue weighted by Gasteiger charge is -2.32. The van der Waals surface area contributed by atoms with Gasteiger partial charge in [0.25, 0.3) is 11.8 Å². The quantitative estimate of drug-likeness (QED) is 0.884. The first-order chi connectivity index (χ1) is 12.7. The first kappa shape index (κ1) is 17.8. The highest BCUT2D eigenvalue weighted by Gasteiger charge is 2.26. The van der Waals surface area contributed by atoms with Gasteiger partial charge >= 0.3 is 6.03 Å². The number of likely N-dealkylation sites (tertiary alicyclic amines) is 1. The molecule has 1 saturated heterocycles. The Morgan fingerprint density at radius 1 is 1.12 bits per heavy atom. The second-order valence-electron chi connectivity index (χ2n) is 5.86. The van der Waals surface area contributed by atoms with Crippen LogP contribution in [0.2, 0.25) is 0 Å². The van der Waals surface area contributed by atoms with Crippen LogP contribution in [0.25, 0.3) is 0 Å². The summed E-state index contributed by atoms with van der Waals surface area (Å²) in [6.07, 6.45) is 4.63. The predicted molar refractivity (Wildman–Crippen MR) is 95.8 cm³/mol. The van der Waals surface area contributed by atoms with Crippen molar-refractivity contribution in [2.24, 2.45) is 0 Å². The van der Waals surface area contributed by atoms with Crippen molar-refractivity contribution in [3.05, 3.63) is 36.7 Å². The number of aromatic nitrogens is 2. The van der Waals surface area contributed by atoms with Gasteiger partial charge in [0.1, 0.15) is 11.9 Å². The molecule has 1 unspecified atom stereocenters. The Morgan fingerprint density at radius 2 is 1.85 bits per heavy atom. The van der Waals surface area contributed by atoms with Crippen LogP contribution in [0.3, 0.4) is 0 Å². The van der Waals surface area contributed by atoms with E-state index in [0.29, 0.717) is 24.8 Å². The smallest absolute Gasteiger partial charge is 0.321 e. The average Bonchev–Trinajstić information content (AvgIpc) is 2.69. The fourth-order valence-corrected chi connectivity index (χ4v) is 2.79. The van der Waals surface area contributed by atoms with E-state index < -0.39 is 0 Å². The molecule has 1 fully saturated rings. The van der Waals surface area contributed by atoms with Gasteiger partial charge < -0.3 is 24.4 Å². The minimum absolute atomic E-state index is 0.157. The van der Waals surface area contributed by atoms with Gasteiger partial charge in [-0.2, -0.15) is 0 Å². The Bertz CT molecular complexity index is 738. The van der Waals surface area contributed by atoms with Gasteiger partial charge in [0.2, 0.25) is 0 Å². The predicted octanol–water partition coefficient (Wildman–Crippen LogP) is 2.57. The summed E-state index contributed by atoms with van der Waals surface area (Å²) in [6.45, 7) is 1.15. The van der Waals surface area contributed by atoms with Crippen molar-refractivity contribution in [2.75, 3.05) is 32.6 Å². The minimum Gasteiger partial charge on any atom is -0.497 e. The molecule has 3 rings (SSSR count). The molecule has 0 aliphatic carbocycles. The van der Waals surface area contributed by atoms with Crippen molar-refractivity contribution in [3.8, 4) is 17.5 Å². The molecule has 26 heavy (non-hydrogen) atoms. The number of nitrogens with one attached hydrogen (secondary N) is 1. The number of rotatable bonds is 5. The number of anilines is 1. The molecule has 2 aromatic rings. The number of ether oxygens (including phenoxy) is 3. The number of carbonyl (C=O) groups is 1. The van der Waals surface area contributed by atoms with Gasteiger partial charge in [0, 0.05) is 24.6 Å². The van der Waals surface area contributed by atoms with Crippen LogP contribution in [0.15, 0.2) is 36.7 Å². The molecule has 1 aliphatic heterocycles. The fraction of sp³-hybridized carbons (Fsp3) is 0.389. The van der Waals surface area contributed by atoms with Crippen LogP contribution in [-0.2, 0) is 0 Å². The number of hydrogen-bond acceptors (Lipinski definition) is 6. The minimum atomic E-state index is -0.158. The molecule has 1 aromatic carbocycles. The lowest BCUT2D eigenvalue weighted by molar-refractivity contribution is 0.0988. The zero-order valence-corrected chi connectivity index (χ0v) is 14.8. The number of benzene rings is 1. The van der Waals surface area contributed by atoms with Crippen LogP contribution in [-0.4, -0.2) is 54.3 Å². The third-order valence-corrected chi connectivity index (χ3v) is 4.11. The molecule has 1 atom stereocenters. The molecular weight excluding hydrogens is 336 g/mol. The van der Waals surface area contributed by atoms with Crippen molar-refractivity contribution in [2.45, 2.75) is 18.9 Å². The monoisotopic (exact) mass is 358 g/mol. The van der Waals surface area contributed by atoms with E-state index in [-0.39, 0.29) is 12.1 Å². The normalized spacial score (nSPS) is 16.7. The molecule has 0 bridgehead atoms. The van der Waals surface area contributed by atoms with Crippen molar-refractivity contribution in [1.29, 1.82) is 0 Å². The number of methoxy groups -OCH3 is 2. The maximum absolute atomic E-state index is 12.5. The van der Waals surface area contributed by atoms with Crippen molar-refractivity contribution >= 4 is 11.7 Å². The summed E-state index contributed by atoms with van der Waals surface area (Å²) in [7, 11) is 3.12. The van der Waals surface area contributed by atoms with E-state index in [1.54, 1.807) is 48.7 Å². The third-order valence-electron chi connectivity index (χ3n) is 4.11. The second kappa shape index (κ2) is 8.37. The molecule has 8 nitrogen and oxygen atoms in total. The first-order valence-electron chi connectivity index (χ1n) is 8.41. The van der Waals surface area contributed by atoms with Gasteiger partial charge in [-0.25, -0.2) is 14.8 Å². The van der Waals surface area contributed by atoms with E-state index in [4.69, 9.17) is 14.2 Å². The van der Waals surface area contributed by atoms with Crippen LogP contribution in [0, 0.1) is 0 Å². The standard InChI is InChI=1S/C18H22N4O4/c1-24-14-7-5-13(6-8-14)21-18(23)22-11-3-4-15(12-22)26-17-16(25-2)19-9-10-20-17/h5-10,15H,3-4,11-12H2,1-2H3,(H,21,23). The van der Waals surface area contributed by atoms with E-state index in [0.717, 1.165) is 24.3 Å². The lowest BCUT2D eigenvalue weighted by Crippen LogP contribution is -2.46. The van der Waals surface area contributed by atoms with Crippen molar-refractivity contribution in [1.82, 2.24) is 14.9 Å². The number of piperidine rings is 1. The summed E-state index contributed by atoms with van der Waals surface area (Å²) in [6, 6.07) is 7.06. The summed E-state index contributed by atoms with van der Waals surface area (Å²) >= 11 is 0. The van der Waals surface area contributed by atoms with Crippen LogP contribution in [0.4, 0.5) is 10.5 Å². The SMILES string of the molecule is COc1ccc(NC(=O)N2CCCC(Oc3nccnc3OC)C2)cc1. The zero-order valence-electron chi connectivity index (χ0n) is 14.8. The number of nitrogens with zero attached hydrogens (tertiary/aromatic N) is 3. The van der Waals surface area contributed by atoms with Crippen molar-refractivity contribution < 1.29 is 19.0 Å². The molecule has 0 spiro atoms. The van der Waals surface area contributed by atoms with Crippen LogP contribution >= 0.6 is 0 Å². The Balaban J connectivity index is 1.59. The summed E-state index contributed by atoms with van der Waals surface area (Å²) < 4.78 is 16.2. The van der Waals surface area contributed by atoms with E-state index >= 15 is 0 Å². The molecule has 1 N–H and O–H groups in total. The van der Waals surface area contributed by atoms with E-state index in [2.05, 4.69) is 15.3 Å². The third kappa shape index (κ3) is 4.33. The maximum Gasteiger partial charge on any atom is 0.321 e.